The Morgan fingerprint density at radius 3 is 2.77 bits per heavy atom. The van der Waals surface area contributed by atoms with Gasteiger partial charge in [-0.05, 0) is 12.3 Å². The van der Waals surface area contributed by atoms with Crippen LogP contribution >= 0.6 is 0 Å². The third-order valence-electron chi connectivity index (χ3n) is 4.15. The van der Waals surface area contributed by atoms with Crippen LogP contribution in [0.2, 0.25) is 0 Å². The summed E-state index contributed by atoms with van der Waals surface area (Å²) in [4.78, 5) is 12.4. The van der Waals surface area contributed by atoms with Crippen molar-refractivity contribution in [3.63, 3.8) is 0 Å². The zero-order valence-electron chi connectivity index (χ0n) is 14.1. The predicted molar refractivity (Wildman–Crippen MR) is 90.5 cm³/mol. The fourth-order valence-corrected chi connectivity index (χ4v) is 2.78. The van der Waals surface area contributed by atoms with Crippen LogP contribution < -0.4 is 5.73 Å². The van der Waals surface area contributed by atoms with Crippen molar-refractivity contribution in [2.24, 2.45) is 0 Å². The number of aliphatic hydroxyl groups is 4. The SMILES string of the molecule is CCCC(O)C#Cc1nc(N)c2ncn(C3O[C@H](CO)[C@@H](O)[C@H]3O)c2n1. The quantitative estimate of drug-likeness (QED) is 0.409. The maximum atomic E-state index is 10.2. The molecule has 5 atom stereocenters. The van der Waals surface area contributed by atoms with Crippen molar-refractivity contribution >= 4 is 17.0 Å². The molecule has 1 aliphatic rings. The van der Waals surface area contributed by atoms with Crippen molar-refractivity contribution < 1.29 is 25.2 Å². The molecule has 140 valence electrons. The minimum Gasteiger partial charge on any atom is -0.394 e. The van der Waals surface area contributed by atoms with Gasteiger partial charge in [0.2, 0.25) is 5.82 Å². The first-order chi connectivity index (χ1) is 12.5. The smallest absolute Gasteiger partial charge is 0.209 e. The fourth-order valence-electron chi connectivity index (χ4n) is 2.78. The largest absolute Gasteiger partial charge is 0.394 e. The van der Waals surface area contributed by atoms with E-state index in [1.54, 1.807) is 0 Å². The molecule has 1 aliphatic heterocycles. The van der Waals surface area contributed by atoms with Crippen molar-refractivity contribution in [2.75, 3.05) is 12.3 Å². The molecule has 1 saturated heterocycles. The third kappa shape index (κ3) is 3.35. The van der Waals surface area contributed by atoms with Gasteiger partial charge in [0.1, 0.15) is 29.9 Å². The number of anilines is 1. The van der Waals surface area contributed by atoms with Crippen LogP contribution in [0.4, 0.5) is 5.82 Å². The summed E-state index contributed by atoms with van der Waals surface area (Å²) in [5.41, 5.74) is 6.46. The van der Waals surface area contributed by atoms with Crippen LogP contribution in [0.3, 0.4) is 0 Å². The first-order valence-corrected chi connectivity index (χ1v) is 8.28. The second-order valence-electron chi connectivity index (χ2n) is 6.06. The highest BCUT2D eigenvalue weighted by atomic mass is 16.6. The van der Waals surface area contributed by atoms with Crippen molar-refractivity contribution in [1.29, 1.82) is 0 Å². The molecule has 0 radical (unpaired) electrons. The number of nitrogen functional groups attached to an aromatic ring is 1. The Bertz CT molecular complexity index is 845. The van der Waals surface area contributed by atoms with E-state index >= 15 is 0 Å². The van der Waals surface area contributed by atoms with Crippen LogP contribution in [-0.2, 0) is 4.74 Å². The summed E-state index contributed by atoms with van der Waals surface area (Å²) in [5.74, 6) is 5.51. The number of hydrogen-bond acceptors (Lipinski definition) is 9. The maximum Gasteiger partial charge on any atom is 0.209 e. The van der Waals surface area contributed by atoms with Gasteiger partial charge in [-0.1, -0.05) is 19.3 Å². The van der Waals surface area contributed by atoms with E-state index in [9.17, 15) is 20.4 Å². The first-order valence-electron chi connectivity index (χ1n) is 8.28. The molecule has 2 unspecified atom stereocenters. The molecule has 2 aromatic heterocycles. The molecule has 0 spiro atoms. The van der Waals surface area contributed by atoms with Gasteiger partial charge in [0.15, 0.2) is 17.7 Å². The lowest BCUT2D eigenvalue weighted by molar-refractivity contribution is -0.0511. The molecule has 0 aromatic carbocycles. The fraction of sp³-hybridized carbons (Fsp3) is 0.562. The molecule has 26 heavy (non-hydrogen) atoms. The van der Waals surface area contributed by atoms with Crippen LogP contribution in [-0.4, -0.2) is 71.0 Å². The van der Waals surface area contributed by atoms with E-state index in [4.69, 9.17) is 10.5 Å². The predicted octanol–water partition coefficient (Wildman–Crippen LogP) is -1.47. The minimum absolute atomic E-state index is 0.0924. The number of imidazole rings is 1. The van der Waals surface area contributed by atoms with E-state index in [1.807, 2.05) is 6.92 Å². The average molecular weight is 363 g/mol. The number of ether oxygens (including phenoxy) is 1. The molecule has 0 aliphatic carbocycles. The van der Waals surface area contributed by atoms with E-state index in [-0.39, 0.29) is 17.3 Å². The van der Waals surface area contributed by atoms with E-state index in [0.29, 0.717) is 11.9 Å². The van der Waals surface area contributed by atoms with Crippen molar-refractivity contribution in [1.82, 2.24) is 19.5 Å². The standard InChI is InChI=1S/C16H21N5O5/c1-2-3-8(23)4-5-10-19-14(17)11-15(20-10)21(7-18-11)16-13(25)12(24)9(6-22)26-16/h7-9,12-13,16,22-25H,2-3,6H2,1H3,(H2,17,19,20)/t8?,9-,12-,13-,16?/m1/s1. The Balaban J connectivity index is 1.98. The van der Waals surface area contributed by atoms with Crippen LogP contribution in [0.15, 0.2) is 6.33 Å². The van der Waals surface area contributed by atoms with Crippen LogP contribution in [0.1, 0.15) is 31.8 Å². The molecule has 10 heteroatoms. The van der Waals surface area contributed by atoms with Gasteiger partial charge in [0, 0.05) is 0 Å². The Hall–Kier alpha value is -2.29. The summed E-state index contributed by atoms with van der Waals surface area (Å²) in [7, 11) is 0. The number of hydrogen-bond donors (Lipinski definition) is 5. The van der Waals surface area contributed by atoms with Crippen LogP contribution in [0.5, 0.6) is 0 Å². The number of rotatable bonds is 4. The van der Waals surface area contributed by atoms with E-state index < -0.39 is 37.3 Å². The number of aromatic nitrogens is 4. The Morgan fingerprint density at radius 2 is 2.12 bits per heavy atom. The molecular weight excluding hydrogens is 342 g/mol. The minimum atomic E-state index is -1.28. The molecule has 1 fully saturated rings. The lowest BCUT2D eigenvalue weighted by Crippen LogP contribution is -2.33. The summed E-state index contributed by atoms with van der Waals surface area (Å²) in [5, 5.41) is 39.1. The summed E-state index contributed by atoms with van der Waals surface area (Å²) in [6, 6.07) is 0. The van der Waals surface area contributed by atoms with E-state index in [0.717, 1.165) is 6.42 Å². The van der Waals surface area contributed by atoms with Crippen LogP contribution in [0, 0.1) is 11.8 Å². The first kappa shape index (κ1) is 18.5. The number of nitrogens with zero attached hydrogens (tertiary/aromatic N) is 4. The lowest BCUT2D eigenvalue weighted by Gasteiger charge is -2.16. The highest BCUT2D eigenvalue weighted by Gasteiger charge is 2.44. The molecule has 10 nitrogen and oxygen atoms in total. The number of aliphatic hydroxyl groups excluding tert-OH is 4. The van der Waals surface area contributed by atoms with Crippen LogP contribution in [0.25, 0.3) is 11.2 Å². The van der Waals surface area contributed by atoms with Gasteiger partial charge >= 0.3 is 0 Å². The molecule has 3 rings (SSSR count). The Kier molecular flexibility index (Phi) is 5.36. The zero-order valence-corrected chi connectivity index (χ0v) is 14.1. The molecular formula is C16H21N5O5. The van der Waals surface area contributed by atoms with Crippen molar-refractivity contribution in [3.05, 3.63) is 12.2 Å². The maximum absolute atomic E-state index is 10.2. The van der Waals surface area contributed by atoms with Gasteiger partial charge < -0.3 is 30.9 Å². The van der Waals surface area contributed by atoms with Crippen molar-refractivity contribution in [2.45, 2.75) is 50.4 Å². The zero-order chi connectivity index (χ0) is 18.8. The lowest BCUT2D eigenvalue weighted by atomic mass is 10.1. The normalized spacial score (nSPS) is 26.7. The monoisotopic (exact) mass is 363 g/mol. The summed E-state index contributed by atoms with van der Waals surface area (Å²) in [6.45, 7) is 1.50. The third-order valence-corrected chi connectivity index (χ3v) is 4.15. The summed E-state index contributed by atoms with van der Waals surface area (Å²) >= 11 is 0. The Morgan fingerprint density at radius 1 is 1.35 bits per heavy atom. The van der Waals surface area contributed by atoms with Gasteiger partial charge in [-0.25, -0.2) is 15.0 Å². The summed E-state index contributed by atoms with van der Waals surface area (Å²) < 4.78 is 6.90. The van der Waals surface area contributed by atoms with E-state index in [2.05, 4.69) is 26.8 Å². The van der Waals surface area contributed by atoms with Gasteiger partial charge in [0.25, 0.3) is 0 Å². The van der Waals surface area contributed by atoms with Gasteiger partial charge in [-0.2, -0.15) is 0 Å². The average Bonchev–Trinajstić information content (AvgIpc) is 3.16. The highest BCUT2D eigenvalue weighted by Crippen LogP contribution is 2.31. The van der Waals surface area contributed by atoms with E-state index in [1.165, 1.54) is 10.9 Å². The molecule has 6 N–H and O–H groups in total. The number of nitrogens with two attached hydrogens (primary N) is 1. The molecule has 3 heterocycles. The van der Waals surface area contributed by atoms with Crippen molar-refractivity contribution in [3.8, 4) is 11.8 Å². The number of fused-ring (bicyclic) bond motifs is 1. The molecule has 0 saturated carbocycles. The Labute approximate surface area is 149 Å². The molecule has 2 aromatic rings. The summed E-state index contributed by atoms with van der Waals surface area (Å²) in [6.07, 6.45) is -2.54. The second kappa shape index (κ2) is 7.53. The second-order valence-corrected chi connectivity index (χ2v) is 6.06. The van der Waals surface area contributed by atoms with Gasteiger partial charge in [0.05, 0.1) is 12.9 Å². The molecule has 0 amide bonds. The topological polar surface area (TPSA) is 160 Å². The molecule has 0 bridgehead atoms. The van der Waals surface area contributed by atoms with Gasteiger partial charge in [-0.15, -0.1) is 0 Å². The highest BCUT2D eigenvalue weighted by molar-refractivity contribution is 5.82. The van der Waals surface area contributed by atoms with Gasteiger partial charge in [-0.3, -0.25) is 4.57 Å².